The van der Waals surface area contributed by atoms with Crippen molar-refractivity contribution < 1.29 is 0 Å². The van der Waals surface area contributed by atoms with Crippen LogP contribution in [0.3, 0.4) is 0 Å². The normalized spacial score (nSPS) is 11.0. The lowest BCUT2D eigenvalue weighted by atomic mass is 10.0. The largest absolute Gasteiger partial charge is 0.366 e. The molecule has 0 saturated heterocycles. The predicted molar refractivity (Wildman–Crippen MR) is 99.5 cm³/mol. The zero-order valence-corrected chi connectivity index (χ0v) is 14.3. The van der Waals surface area contributed by atoms with Crippen LogP contribution in [0.1, 0.15) is 16.7 Å². The molecule has 4 rings (SSSR count). The maximum absolute atomic E-state index is 4.74. The summed E-state index contributed by atoms with van der Waals surface area (Å²) in [5, 5.41) is 7.84. The van der Waals surface area contributed by atoms with Crippen molar-refractivity contribution in [2.75, 3.05) is 5.32 Å². The Morgan fingerprint density at radius 2 is 1.76 bits per heavy atom. The maximum Gasteiger partial charge on any atom is 0.157 e. The van der Waals surface area contributed by atoms with Gasteiger partial charge in [-0.1, -0.05) is 12.1 Å². The quantitative estimate of drug-likeness (QED) is 0.614. The van der Waals surface area contributed by atoms with Crippen LogP contribution in [0.25, 0.3) is 16.9 Å². The van der Waals surface area contributed by atoms with E-state index in [2.05, 4.69) is 47.4 Å². The summed E-state index contributed by atoms with van der Waals surface area (Å²) in [5.74, 6) is 0.917. The van der Waals surface area contributed by atoms with Crippen molar-refractivity contribution in [1.29, 1.82) is 0 Å². The maximum atomic E-state index is 4.74. The van der Waals surface area contributed by atoms with Crippen LogP contribution in [-0.2, 0) is 6.54 Å². The zero-order chi connectivity index (χ0) is 17.2. The molecule has 3 heterocycles. The molecule has 0 unspecified atom stereocenters. The molecule has 25 heavy (non-hydrogen) atoms. The molecule has 0 aliphatic rings. The molecule has 1 aromatic carbocycles. The van der Waals surface area contributed by atoms with Gasteiger partial charge in [-0.3, -0.25) is 4.98 Å². The van der Waals surface area contributed by atoms with E-state index in [9.17, 15) is 0 Å². The minimum absolute atomic E-state index is 0.702. The molecule has 5 nitrogen and oxygen atoms in total. The number of pyridine rings is 1. The number of rotatable bonds is 4. The van der Waals surface area contributed by atoms with Crippen LogP contribution in [0.5, 0.6) is 0 Å². The first-order chi connectivity index (χ1) is 12.2. The molecule has 0 saturated carbocycles. The summed E-state index contributed by atoms with van der Waals surface area (Å²) in [7, 11) is 0. The molecular formula is C20H19N5. The minimum atomic E-state index is 0.702. The van der Waals surface area contributed by atoms with Gasteiger partial charge in [0, 0.05) is 36.6 Å². The number of nitrogens with one attached hydrogen (secondary N) is 1. The Bertz CT molecular complexity index is 1020. The molecule has 0 amide bonds. The summed E-state index contributed by atoms with van der Waals surface area (Å²) in [6.07, 6.45) is 5.37. The van der Waals surface area contributed by atoms with E-state index in [1.54, 1.807) is 18.6 Å². The van der Waals surface area contributed by atoms with Gasteiger partial charge in [0.25, 0.3) is 0 Å². The number of aryl methyl sites for hydroxylation is 2. The summed E-state index contributed by atoms with van der Waals surface area (Å²) in [4.78, 5) is 8.80. The first-order valence-corrected chi connectivity index (χ1v) is 8.26. The molecule has 0 spiro atoms. The fraction of sp³-hybridized carbons (Fsp3) is 0.150. The molecule has 0 atom stereocenters. The number of fused-ring (bicyclic) bond motifs is 1. The summed E-state index contributed by atoms with van der Waals surface area (Å²) in [6.45, 7) is 4.95. The highest BCUT2D eigenvalue weighted by molar-refractivity contribution is 5.67. The first kappa shape index (κ1) is 15.3. The number of aromatic nitrogens is 4. The van der Waals surface area contributed by atoms with Crippen LogP contribution >= 0.6 is 0 Å². The highest BCUT2D eigenvalue weighted by atomic mass is 15.3. The van der Waals surface area contributed by atoms with Gasteiger partial charge < -0.3 is 5.32 Å². The Hall–Kier alpha value is -3.21. The summed E-state index contributed by atoms with van der Waals surface area (Å²) in [6, 6.07) is 14.4. The molecule has 0 aliphatic heterocycles. The van der Waals surface area contributed by atoms with Crippen molar-refractivity contribution in [2.24, 2.45) is 0 Å². The van der Waals surface area contributed by atoms with Crippen LogP contribution in [0, 0.1) is 13.8 Å². The smallest absolute Gasteiger partial charge is 0.157 e. The molecule has 0 aliphatic carbocycles. The van der Waals surface area contributed by atoms with Crippen molar-refractivity contribution in [2.45, 2.75) is 20.4 Å². The minimum Gasteiger partial charge on any atom is -0.366 e. The van der Waals surface area contributed by atoms with Crippen LogP contribution in [0.4, 0.5) is 5.82 Å². The molecule has 124 valence electrons. The second-order valence-corrected chi connectivity index (χ2v) is 6.14. The van der Waals surface area contributed by atoms with Gasteiger partial charge in [0.05, 0.1) is 11.9 Å². The predicted octanol–water partition coefficient (Wildman–Crippen LogP) is 4.02. The third kappa shape index (κ3) is 3.08. The fourth-order valence-corrected chi connectivity index (χ4v) is 2.78. The first-order valence-electron chi connectivity index (χ1n) is 8.26. The lowest BCUT2D eigenvalue weighted by Gasteiger charge is -2.11. The molecule has 3 aromatic heterocycles. The van der Waals surface area contributed by atoms with E-state index in [-0.39, 0.29) is 0 Å². The van der Waals surface area contributed by atoms with Crippen LogP contribution in [0.15, 0.2) is 61.1 Å². The van der Waals surface area contributed by atoms with Gasteiger partial charge in [-0.25, -0.2) is 4.98 Å². The lowest BCUT2D eigenvalue weighted by Crippen LogP contribution is -2.06. The molecule has 1 N–H and O–H groups in total. The third-order valence-corrected chi connectivity index (χ3v) is 4.39. The lowest BCUT2D eigenvalue weighted by molar-refractivity contribution is 0.926. The molecule has 0 bridgehead atoms. The van der Waals surface area contributed by atoms with Crippen LogP contribution in [0.2, 0.25) is 0 Å². The number of hydrogen-bond donors (Lipinski definition) is 1. The topological polar surface area (TPSA) is 55.1 Å². The van der Waals surface area contributed by atoms with Crippen molar-refractivity contribution in [3.8, 4) is 11.3 Å². The second-order valence-electron chi connectivity index (χ2n) is 6.14. The number of benzene rings is 1. The molecule has 0 fully saturated rings. The Morgan fingerprint density at radius 1 is 0.920 bits per heavy atom. The Kier molecular flexibility index (Phi) is 3.90. The van der Waals surface area contributed by atoms with Crippen molar-refractivity contribution in [1.82, 2.24) is 19.6 Å². The second kappa shape index (κ2) is 6.36. The van der Waals surface area contributed by atoms with Gasteiger partial charge in [0.15, 0.2) is 5.65 Å². The van der Waals surface area contributed by atoms with E-state index in [0.717, 1.165) is 22.7 Å². The van der Waals surface area contributed by atoms with Gasteiger partial charge >= 0.3 is 0 Å². The highest BCUT2D eigenvalue weighted by Crippen LogP contribution is 2.24. The highest BCUT2D eigenvalue weighted by Gasteiger charge is 2.09. The van der Waals surface area contributed by atoms with E-state index in [1.165, 1.54) is 16.7 Å². The van der Waals surface area contributed by atoms with Gasteiger partial charge in [0.2, 0.25) is 0 Å². The summed E-state index contributed by atoms with van der Waals surface area (Å²) in [5.41, 5.74) is 6.59. The average Bonchev–Trinajstić information content (AvgIpc) is 3.11. The number of nitrogens with zero attached hydrogens (tertiary/aromatic N) is 4. The van der Waals surface area contributed by atoms with E-state index in [1.807, 2.05) is 28.8 Å². The van der Waals surface area contributed by atoms with Crippen molar-refractivity contribution >= 4 is 11.5 Å². The van der Waals surface area contributed by atoms with E-state index in [0.29, 0.717) is 6.54 Å². The molecule has 5 heteroatoms. The van der Waals surface area contributed by atoms with E-state index < -0.39 is 0 Å². The molecule has 0 radical (unpaired) electrons. The van der Waals surface area contributed by atoms with Gasteiger partial charge in [-0.2, -0.15) is 9.61 Å². The van der Waals surface area contributed by atoms with Gasteiger partial charge in [-0.05, 0) is 48.7 Å². The Morgan fingerprint density at radius 3 is 2.56 bits per heavy atom. The summed E-state index contributed by atoms with van der Waals surface area (Å²) >= 11 is 0. The van der Waals surface area contributed by atoms with E-state index >= 15 is 0 Å². The third-order valence-electron chi connectivity index (χ3n) is 4.39. The Labute approximate surface area is 146 Å². The van der Waals surface area contributed by atoms with Gasteiger partial charge in [0.1, 0.15) is 5.82 Å². The summed E-state index contributed by atoms with van der Waals surface area (Å²) < 4.78 is 1.83. The van der Waals surface area contributed by atoms with Crippen molar-refractivity contribution in [3.63, 3.8) is 0 Å². The standard InChI is InChI=1S/C20H19N5/c1-14-3-4-17(11-15(14)2)18-12-20(25-19(24-18)7-10-23-25)22-13-16-5-8-21-9-6-16/h3-12,22H,13H2,1-2H3. The molecule has 4 aromatic rings. The monoisotopic (exact) mass is 329 g/mol. The SMILES string of the molecule is Cc1ccc(-c2cc(NCc3ccncc3)n3nccc3n2)cc1C. The average molecular weight is 329 g/mol. The Balaban J connectivity index is 1.73. The number of hydrogen-bond acceptors (Lipinski definition) is 4. The molecular weight excluding hydrogens is 310 g/mol. The number of anilines is 1. The van der Waals surface area contributed by atoms with Gasteiger partial charge in [-0.15, -0.1) is 0 Å². The van der Waals surface area contributed by atoms with Crippen molar-refractivity contribution in [3.05, 3.63) is 77.7 Å². The van der Waals surface area contributed by atoms with E-state index in [4.69, 9.17) is 4.98 Å². The van der Waals surface area contributed by atoms with Crippen LogP contribution in [-0.4, -0.2) is 19.6 Å². The fourth-order valence-electron chi connectivity index (χ4n) is 2.78. The zero-order valence-electron chi connectivity index (χ0n) is 14.3. The van der Waals surface area contributed by atoms with Crippen LogP contribution < -0.4 is 5.32 Å².